The largest absolute Gasteiger partial charge is 0.406 e. The number of hydrogen-bond donors (Lipinski definition) is 1. The first kappa shape index (κ1) is 17.5. The number of fused-ring (bicyclic) bond motifs is 4. The summed E-state index contributed by atoms with van der Waals surface area (Å²) in [6.07, 6.45) is -3.11. The van der Waals surface area contributed by atoms with Gasteiger partial charge in [-0.15, -0.1) is 0 Å². The van der Waals surface area contributed by atoms with Crippen molar-refractivity contribution in [2.75, 3.05) is 0 Å². The summed E-state index contributed by atoms with van der Waals surface area (Å²) in [5.41, 5.74) is 5.50. The lowest BCUT2D eigenvalue weighted by Crippen LogP contribution is -2.17. The molecule has 0 spiro atoms. The van der Waals surface area contributed by atoms with Gasteiger partial charge >= 0.3 is 6.18 Å². The second kappa shape index (κ2) is 6.18. The number of aromatic nitrogens is 3. The molecule has 0 atom stereocenters. The Balaban J connectivity index is 1.74. The summed E-state index contributed by atoms with van der Waals surface area (Å²) in [6.45, 7) is 0.526. The third kappa shape index (κ3) is 2.82. The Bertz CT molecular complexity index is 1230. The van der Waals surface area contributed by atoms with Gasteiger partial charge in [0, 0.05) is 18.5 Å². The Hall–Kier alpha value is -2.64. The maximum atomic E-state index is 13.2. The Morgan fingerprint density at radius 1 is 1.00 bits per heavy atom. The van der Waals surface area contributed by atoms with E-state index in [4.69, 9.17) is 11.6 Å². The minimum Gasteiger partial charge on any atom is -0.327 e. The molecule has 0 bridgehead atoms. The Kier molecular flexibility index (Phi) is 3.86. The van der Waals surface area contributed by atoms with Gasteiger partial charge in [0.05, 0.1) is 5.52 Å². The topological polar surface area (TPSA) is 42.7 Å². The summed E-state index contributed by atoms with van der Waals surface area (Å²) in [7, 11) is 0. The molecule has 2 aromatic carbocycles. The van der Waals surface area contributed by atoms with Crippen LogP contribution in [0.2, 0.25) is 5.15 Å². The molecule has 0 fully saturated rings. The van der Waals surface area contributed by atoms with Gasteiger partial charge in [-0.25, -0.2) is 9.97 Å². The predicted octanol–water partition coefficient (Wildman–Crippen LogP) is 5.07. The van der Waals surface area contributed by atoms with Crippen LogP contribution in [0, 0.1) is 0 Å². The summed E-state index contributed by atoms with van der Waals surface area (Å²) in [6, 6.07) is 11.6. The lowest BCUT2D eigenvalue weighted by atomic mass is 9.99. The molecule has 1 aliphatic rings. The second-order valence-electron chi connectivity index (χ2n) is 6.88. The van der Waals surface area contributed by atoms with Crippen LogP contribution in [0.25, 0.3) is 33.1 Å². The van der Waals surface area contributed by atoms with E-state index in [1.807, 2.05) is 18.2 Å². The van der Waals surface area contributed by atoms with Crippen LogP contribution in [0.1, 0.15) is 11.1 Å². The third-order valence-electron chi connectivity index (χ3n) is 5.10. The van der Waals surface area contributed by atoms with Crippen molar-refractivity contribution in [1.82, 2.24) is 19.9 Å². The normalized spacial score (nSPS) is 14.1. The second-order valence-corrected chi connectivity index (χ2v) is 7.24. The van der Waals surface area contributed by atoms with E-state index in [2.05, 4.69) is 27.4 Å². The standard InChI is InChI=1S/C20H14ClF3N4/c21-19-18-17(26-10-27-19)15-6-12(3-4-16(15)28(18)9-20(22,23)24)11-1-2-13-7-25-8-14(13)5-11/h1-6,10,25H,7-9H2. The smallest absolute Gasteiger partial charge is 0.327 e. The van der Waals surface area contributed by atoms with Crippen LogP contribution in [0.15, 0.2) is 42.7 Å². The molecule has 1 N–H and O–H groups in total. The maximum absolute atomic E-state index is 13.2. The van der Waals surface area contributed by atoms with Crippen LogP contribution in [-0.2, 0) is 19.6 Å². The zero-order valence-corrected chi connectivity index (χ0v) is 15.3. The number of alkyl halides is 3. The van der Waals surface area contributed by atoms with Gasteiger partial charge in [-0.2, -0.15) is 13.2 Å². The fourth-order valence-electron chi connectivity index (χ4n) is 3.87. The average molecular weight is 403 g/mol. The molecule has 2 aromatic heterocycles. The summed E-state index contributed by atoms with van der Waals surface area (Å²) in [4.78, 5) is 8.09. The van der Waals surface area contributed by atoms with Gasteiger partial charge in [0.15, 0.2) is 5.15 Å². The molecule has 0 aliphatic carbocycles. The number of rotatable bonds is 2. The van der Waals surface area contributed by atoms with Gasteiger partial charge < -0.3 is 9.88 Å². The maximum Gasteiger partial charge on any atom is 0.406 e. The van der Waals surface area contributed by atoms with Crippen molar-refractivity contribution in [2.24, 2.45) is 0 Å². The first-order valence-corrected chi connectivity index (χ1v) is 9.10. The van der Waals surface area contributed by atoms with Gasteiger partial charge in [0.1, 0.15) is 23.9 Å². The van der Waals surface area contributed by atoms with Crippen molar-refractivity contribution >= 4 is 33.5 Å². The van der Waals surface area contributed by atoms with Crippen LogP contribution in [-0.4, -0.2) is 20.7 Å². The third-order valence-corrected chi connectivity index (χ3v) is 5.37. The fraction of sp³-hybridized carbons (Fsp3) is 0.200. The van der Waals surface area contributed by atoms with E-state index in [-0.39, 0.29) is 10.7 Å². The summed E-state index contributed by atoms with van der Waals surface area (Å²) < 4.78 is 40.6. The Morgan fingerprint density at radius 3 is 2.57 bits per heavy atom. The summed E-state index contributed by atoms with van der Waals surface area (Å²) in [5.74, 6) is 0. The van der Waals surface area contributed by atoms with Gasteiger partial charge in [-0.05, 0) is 40.5 Å². The van der Waals surface area contributed by atoms with Gasteiger partial charge in [0.2, 0.25) is 0 Å². The highest BCUT2D eigenvalue weighted by atomic mass is 35.5. The number of halogens is 4. The monoisotopic (exact) mass is 402 g/mol. The van der Waals surface area contributed by atoms with Crippen LogP contribution in [0.4, 0.5) is 13.2 Å². The van der Waals surface area contributed by atoms with Gasteiger partial charge in [-0.3, -0.25) is 0 Å². The highest BCUT2D eigenvalue weighted by Crippen LogP contribution is 2.36. The van der Waals surface area contributed by atoms with Crippen molar-refractivity contribution in [3.8, 4) is 11.1 Å². The first-order chi connectivity index (χ1) is 13.4. The van der Waals surface area contributed by atoms with Crippen molar-refractivity contribution in [2.45, 2.75) is 25.8 Å². The minimum atomic E-state index is -4.39. The zero-order valence-electron chi connectivity index (χ0n) is 14.5. The molecule has 4 aromatic rings. The molecule has 0 saturated carbocycles. The van der Waals surface area contributed by atoms with E-state index in [0.717, 1.165) is 28.8 Å². The molecular weight excluding hydrogens is 389 g/mol. The molecule has 0 radical (unpaired) electrons. The molecule has 0 unspecified atom stereocenters. The van der Waals surface area contributed by atoms with E-state index in [1.165, 1.54) is 17.5 Å². The van der Waals surface area contributed by atoms with E-state index in [0.29, 0.717) is 16.4 Å². The molecule has 0 amide bonds. The molecule has 5 rings (SSSR count). The molecule has 0 saturated heterocycles. The van der Waals surface area contributed by atoms with Crippen LogP contribution >= 0.6 is 11.6 Å². The van der Waals surface area contributed by atoms with E-state index >= 15 is 0 Å². The van der Waals surface area contributed by atoms with E-state index < -0.39 is 12.7 Å². The molecule has 142 valence electrons. The van der Waals surface area contributed by atoms with Gasteiger partial charge in [-0.1, -0.05) is 29.8 Å². The summed E-state index contributed by atoms with van der Waals surface area (Å²) in [5, 5.41) is 3.94. The minimum absolute atomic E-state index is 0.00982. The van der Waals surface area contributed by atoms with Crippen LogP contribution in [0.5, 0.6) is 0 Å². The fourth-order valence-corrected chi connectivity index (χ4v) is 4.11. The highest BCUT2D eigenvalue weighted by Gasteiger charge is 2.30. The van der Waals surface area contributed by atoms with Gasteiger partial charge in [0.25, 0.3) is 0 Å². The van der Waals surface area contributed by atoms with E-state index in [1.54, 1.807) is 6.07 Å². The van der Waals surface area contributed by atoms with Crippen molar-refractivity contribution in [1.29, 1.82) is 0 Å². The first-order valence-electron chi connectivity index (χ1n) is 8.73. The lowest BCUT2D eigenvalue weighted by Gasteiger charge is -2.11. The molecule has 4 nitrogen and oxygen atoms in total. The molecule has 1 aliphatic heterocycles. The molecule has 3 heterocycles. The van der Waals surface area contributed by atoms with Crippen LogP contribution < -0.4 is 5.32 Å². The Morgan fingerprint density at radius 2 is 1.75 bits per heavy atom. The van der Waals surface area contributed by atoms with E-state index in [9.17, 15) is 13.2 Å². The SMILES string of the molecule is FC(F)(F)Cn1c2ccc(-c3ccc4c(c3)CNC4)cc2c2ncnc(Cl)c21. The lowest BCUT2D eigenvalue weighted by molar-refractivity contribution is -0.139. The number of nitrogens with zero attached hydrogens (tertiary/aromatic N) is 3. The average Bonchev–Trinajstić information content (AvgIpc) is 3.23. The van der Waals surface area contributed by atoms with Crippen molar-refractivity contribution in [3.63, 3.8) is 0 Å². The van der Waals surface area contributed by atoms with Crippen molar-refractivity contribution < 1.29 is 13.2 Å². The Labute approximate surface area is 163 Å². The number of nitrogens with one attached hydrogen (secondary N) is 1. The van der Waals surface area contributed by atoms with Crippen LogP contribution in [0.3, 0.4) is 0 Å². The molecule has 8 heteroatoms. The number of benzene rings is 2. The summed E-state index contributed by atoms with van der Waals surface area (Å²) >= 11 is 6.14. The number of hydrogen-bond acceptors (Lipinski definition) is 3. The highest BCUT2D eigenvalue weighted by molar-refractivity contribution is 6.34. The molecular formula is C20H14ClF3N4. The zero-order chi connectivity index (χ0) is 19.5. The molecule has 28 heavy (non-hydrogen) atoms. The predicted molar refractivity (Wildman–Crippen MR) is 102 cm³/mol. The van der Waals surface area contributed by atoms with Crippen molar-refractivity contribution in [3.05, 3.63) is 59.0 Å². The quantitative estimate of drug-likeness (QED) is 0.476.